The quantitative estimate of drug-likeness (QED) is 0.123. The van der Waals surface area contributed by atoms with Crippen LogP contribution in [0.4, 0.5) is 5.69 Å². The Morgan fingerprint density at radius 1 is 0.914 bits per heavy atom. The molecule has 0 unspecified atom stereocenters. The molecule has 1 N–H and O–H groups in total. The van der Waals surface area contributed by atoms with E-state index >= 15 is 0 Å². The molecule has 0 aromatic heterocycles. The summed E-state index contributed by atoms with van der Waals surface area (Å²) >= 11 is 6.35. The molecule has 2 rings (SSSR count). The van der Waals surface area contributed by atoms with Crippen LogP contribution in [-0.4, -0.2) is 45.8 Å². The van der Waals surface area contributed by atoms with E-state index < -0.39 is 12.5 Å². The van der Waals surface area contributed by atoms with Crippen LogP contribution in [0.3, 0.4) is 0 Å². The lowest BCUT2D eigenvalue weighted by molar-refractivity contribution is -0.140. The molecule has 0 bridgehead atoms. The third kappa shape index (κ3) is 10.7. The number of nitrogens with zero attached hydrogens (tertiary/aromatic N) is 2. The van der Waals surface area contributed by atoms with Gasteiger partial charge >= 0.3 is 5.97 Å². The highest BCUT2D eigenvalue weighted by molar-refractivity contribution is 8.26. The Labute approximate surface area is 221 Å². The molecule has 1 aromatic rings. The number of hydrogen-bond acceptors (Lipinski definition) is 5. The highest BCUT2D eigenvalue weighted by Gasteiger charge is 2.33. The molecule has 1 aromatic carbocycles. The highest BCUT2D eigenvalue weighted by Crippen LogP contribution is 2.32. The van der Waals surface area contributed by atoms with Crippen LogP contribution in [0.5, 0.6) is 0 Å². The smallest absolute Gasteiger partial charge is 0.323 e. The summed E-state index contributed by atoms with van der Waals surface area (Å²) in [6.45, 7) is 6.27. The SMILES string of the molecule is CCCCCCCCN(CCCCCCCC)c1ccc(/C=C2\SC(=S)N(CC(=O)O)C2=O)cc1. The van der Waals surface area contributed by atoms with E-state index in [0.29, 0.717) is 9.23 Å². The summed E-state index contributed by atoms with van der Waals surface area (Å²) < 4.78 is 0.296. The van der Waals surface area contributed by atoms with Crippen LogP contribution in [0, 0.1) is 0 Å². The van der Waals surface area contributed by atoms with Gasteiger partial charge in [-0.2, -0.15) is 0 Å². The van der Waals surface area contributed by atoms with Crippen molar-refractivity contribution in [3.8, 4) is 0 Å². The fourth-order valence-corrected chi connectivity index (χ4v) is 5.50. The minimum atomic E-state index is -1.07. The first-order chi connectivity index (χ1) is 17.0. The third-order valence-corrected chi connectivity index (χ3v) is 7.66. The second-order valence-electron chi connectivity index (χ2n) is 9.28. The van der Waals surface area contributed by atoms with E-state index in [0.717, 1.165) is 35.3 Å². The molecule has 0 saturated carbocycles. The van der Waals surface area contributed by atoms with Crippen LogP contribution >= 0.6 is 24.0 Å². The molecule has 35 heavy (non-hydrogen) atoms. The van der Waals surface area contributed by atoms with Crippen molar-refractivity contribution in [2.75, 3.05) is 24.5 Å². The first kappa shape index (κ1) is 29.4. The maximum Gasteiger partial charge on any atom is 0.323 e. The lowest BCUT2D eigenvalue weighted by atomic mass is 10.1. The van der Waals surface area contributed by atoms with Crippen molar-refractivity contribution in [2.24, 2.45) is 0 Å². The summed E-state index contributed by atoms with van der Waals surface area (Å²) in [6, 6.07) is 8.35. The van der Waals surface area contributed by atoms with Crippen molar-refractivity contribution in [3.05, 3.63) is 34.7 Å². The van der Waals surface area contributed by atoms with Crippen LogP contribution in [0.2, 0.25) is 0 Å². The number of carbonyl (C=O) groups is 2. The van der Waals surface area contributed by atoms with Crippen LogP contribution in [0.25, 0.3) is 6.08 Å². The molecule has 1 fully saturated rings. The normalized spacial score (nSPS) is 14.8. The molecule has 1 heterocycles. The van der Waals surface area contributed by atoms with Gasteiger partial charge in [-0.3, -0.25) is 14.5 Å². The third-order valence-electron chi connectivity index (χ3n) is 6.29. The molecule has 1 amide bonds. The number of thiocarbonyl (C=S) groups is 1. The first-order valence-electron chi connectivity index (χ1n) is 13.3. The topological polar surface area (TPSA) is 60.9 Å². The summed E-state index contributed by atoms with van der Waals surface area (Å²) in [7, 11) is 0. The maximum atomic E-state index is 12.5. The second-order valence-corrected chi connectivity index (χ2v) is 11.0. The number of carbonyl (C=O) groups excluding carboxylic acids is 1. The zero-order chi connectivity index (χ0) is 25.5. The number of thioether (sulfide) groups is 1. The first-order valence-corrected chi connectivity index (χ1v) is 14.5. The van der Waals surface area contributed by atoms with Crippen LogP contribution < -0.4 is 4.90 Å². The Bertz CT molecular complexity index is 823. The molecule has 1 aliphatic heterocycles. The minimum Gasteiger partial charge on any atom is -0.480 e. The average Bonchev–Trinajstić information content (AvgIpc) is 3.09. The molecular formula is C28H42N2O3S2. The standard InChI is InChI=1S/C28H42N2O3S2/c1-3-5-7-9-11-13-19-29(20-14-12-10-8-6-4-2)24-17-15-23(16-18-24)21-25-27(33)30(22-26(31)32)28(34)35-25/h15-18,21H,3-14,19-20,22H2,1-2H3,(H,31,32)/b25-21-. The average molecular weight is 519 g/mol. The summed E-state index contributed by atoms with van der Waals surface area (Å²) in [5.74, 6) is -1.40. The van der Waals surface area contributed by atoms with Crippen LogP contribution in [0.1, 0.15) is 96.5 Å². The van der Waals surface area contributed by atoms with Gasteiger partial charge in [0.05, 0.1) is 4.91 Å². The lowest BCUT2D eigenvalue weighted by Gasteiger charge is -2.25. The second kappa shape index (κ2) is 16.7. The fourth-order valence-electron chi connectivity index (χ4n) is 4.24. The predicted octanol–water partition coefficient (Wildman–Crippen LogP) is 7.50. The van der Waals surface area contributed by atoms with E-state index in [1.807, 2.05) is 12.1 Å². The molecular weight excluding hydrogens is 476 g/mol. The molecule has 194 valence electrons. The van der Waals surface area contributed by atoms with Gasteiger partial charge in [-0.15, -0.1) is 0 Å². The van der Waals surface area contributed by atoms with Crippen LogP contribution in [0.15, 0.2) is 29.2 Å². The van der Waals surface area contributed by atoms with E-state index in [4.69, 9.17) is 17.3 Å². The summed E-state index contributed by atoms with van der Waals surface area (Å²) in [5, 5.41) is 9.01. The summed E-state index contributed by atoms with van der Waals surface area (Å²) in [4.78, 5) is 27.7. The molecule has 7 heteroatoms. The summed E-state index contributed by atoms with van der Waals surface area (Å²) in [6.07, 6.45) is 17.3. The summed E-state index contributed by atoms with van der Waals surface area (Å²) in [5.41, 5.74) is 2.14. The Hall–Kier alpha value is -1.86. The maximum absolute atomic E-state index is 12.5. The van der Waals surface area contributed by atoms with Gasteiger partial charge in [0.2, 0.25) is 0 Å². The molecule has 0 spiro atoms. The highest BCUT2D eigenvalue weighted by atomic mass is 32.2. The van der Waals surface area contributed by atoms with Crippen molar-refractivity contribution in [1.82, 2.24) is 4.90 Å². The van der Waals surface area contributed by atoms with Gasteiger partial charge in [-0.05, 0) is 36.6 Å². The van der Waals surface area contributed by atoms with Crippen molar-refractivity contribution >= 4 is 51.9 Å². The molecule has 0 atom stereocenters. The zero-order valence-electron chi connectivity index (χ0n) is 21.5. The van der Waals surface area contributed by atoms with Crippen molar-refractivity contribution in [3.63, 3.8) is 0 Å². The molecule has 5 nitrogen and oxygen atoms in total. The molecule has 1 aliphatic rings. The van der Waals surface area contributed by atoms with E-state index in [-0.39, 0.29) is 5.91 Å². The number of aliphatic carboxylic acids is 1. The monoisotopic (exact) mass is 518 g/mol. The van der Waals surface area contributed by atoms with E-state index in [2.05, 4.69) is 30.9 Å². The van der Waals surface area contributed by atoms with Crippen molar-refractivity contribution in [2.45, 2.75) is 90.9 Å². The Balaban J connectivity index is 1.98. The Morgan fingerprint density at radius 3 is 1.94 bits per heavy atom. The predicted molar refractivity (Wildman–Crippen MR) is 153 cm³/mol. The molecule has 0 aliphatic carbocycles. The number of benzene rings is 1. The van der Waals surface area contributed by atoms with E-state index in [9.17, 15) is 9.59 Å². The van der Waals surface area contributed by atoms with Gasteiger partial charge in [0.15, 0.2) is 0 Å². The van der Waals surface area contributed by atoms with Crippen molar-refractivity contribution in [1.29, 1.82) is 0 Å². The number of carboxylic acid groups (broad SMARTS) is 1. The Morgan fingerprint density at radius 2 is 1.43 bits per heavy atom. The van der Waals surface area contributed by atoms with E-state index in [1.54, 1.807) is 6.08 Å². The molecule has 1 saturated heterocycles. The van der Waals surface area contributed by atoms with Crippen LogP contribution in [-0.2, 0) is 9.59 Å². The number of unbranched alkanes of at least 4 members (excludes halogenated alkanes) is 10. The molecule has 0 radical (unpaired) electrons. The Kier molecular flexibility index (Phi) is 14.1. The fraction of sp³-hybridized carbons (Fsp3) is 0.607. The van der Waals surface area contributed by atoms with Gasteiger partial charge in [-0.1, -0.05) is 114 Å². The number of rotatable bonds is 18. The minimum absolute atomic E-state index is 0.296. The van der Waals surface area contributed by atoms with Gasteiger partial charge in [0.1, 0.15) is 10.9 Å². The van der Waals surface area contributed by atoms with E-state index in [1.165, 1.54) is 82.7 Å². The number of carboxylic acids is 1. The van der Waals surface area contributed by atoms with Gasteiger partial charge in [0.25, 0.3) is 5.91 Å². The largest absolute Gasteiger partial charge is 0.480 e. The van der Waals surface area contributed by atoms with Gasteiger partial charge < -0.3 is 10.0 Å². The number of hydrogen-bond donors (Lipinski definition) is 1. The number of amides is 1. The number of anilines is 1. The van der Waals surface area contributed by atoms with Gasteiger partial charge in [-0.25, -0.2) is 0 Å². The van der Waals surface area contributed by atoms with Gasteiger partial charge in [0, 0.05) is 18.8 Å². The zero-order valence-corrected chi connectivity index (χ0v) is 23.1. The van der Waals surface area contributed by atoms with Crippen molar-refractivity contribution < 1.29 is 14.7 Å². The lowest BCUT2D eigenvalue weighted by Crippen LogP contribution is -2.33.